The Kier molecular flexibility index (Phi) is 3.40. The predicted molar refractivity (Wildman–Crippen MR) is 58.4 cm³/mol. The molecule has 1 aliphatic rings. The largest absolute Gasteiger partial charge is 0.481 e. The van der Waals surface area contributed by atoms with Crippen molar-refractivity contribution in [3.63, 3.8) is 0 Å². The van der Waals surface area contributed by atoms with Gasteiger partial charge in [-0.05, 0) is 19.3 Å². The maximum absolute atomic E-state index is 11.6. The number of tetrazole rings is 1. The van der Waals surface area contributed by atoms with Crippen LogP contribution >= 0.6 is 0 Å². The number of hydrogen-bond donors (Lipinski definition) is 4. The molecule has 18 heavy (non-hydrogen) atoms. The number of hydrogen-bond acceptors (Lipinski definition) is 5. The van der Waals surface area contributed by atoms with Gasteiger partial charge in [-0.15, -0.1) is 10.2 Å². The zero-order chi connectivity index (χ0) is 13.0. The molecule has 0 aliphatic heterocycles. The lowest BCUT2D eigenvalue weighted by Gasteiger charge is -2.41. The molecule has 0 spiro atoms. The van der Waals surface area contributed by atoms with E-state index in [1.54, 1.807) is 0 Å². The summed E-state index contributed by atoms with van der Waals surface area (Å²) < 4.78 is 0. The molecule has 1 aromatic rings. The molecule has 9 heteroatoms. The first kappa shape index (κ1) is 12.3. The average molecular weight is 254 g/mol. The lowest BCUT2D eigenvalue weighted by atomic mass is 9.74. The zero-order valence-corrected chi connectivity index (χ0v) is 9.64. The van der Waals surface area contributed by atoms with Crippen LogP contribution in [-0.4, -0.2) is 43.3 Å². The summed E-state index contributed by atoms with van der Waals surface area (Å²) in [4.78, 5) is 22.4. The summed E-state index contributed by atoms with van der Waals surface area (Å²) in [5.74, 6) is -0.542. The van der Waals surface area contributed by atoms with E-state index < -0.39 is 17.5 Å². The summed E-state index contributed by atoms with van der Waals surface area (Å²) in [6, 6.07) is -0.416. The van der Waals surface area contributed by atoms with Crippen LogP contribution in [0.1, 0.15) is 31.5 Å². The molecule has 1 heterocycles. The number of nitrogens with zero attached hydrogens (tertiary/aromatic N) is 3. The van der Waals surface area contributed by atoms with Gasteiger partial charge in [0, 0.05) is 0 Å². The van der Waals surface area contributed by atoms with Gasteiger partial charge in [0.2, 0.25) is 0 Å². The third-order valence-electron chi connectivity index (χ3n) is 2.98. The van der Waals surface area contributed by atoms with E-state index in [1.807, 2.05) is 0 Å². The smallest absolute Gasteiger partial charge is 0.315 e. The predicted octanol–water partition coefficient (Wildman–Crippen LogP) is -0.604. The van der Waals surface area contributed by atoms with Crippen LogP contribution in [0.2, 0.25) is 0 Å². The molecule has 0 radical (unpaired) electrons. The summed E-state index contributed by atoms with van der Waals surface area (Å²) in [6.07, 6.45) is 2.25. The summed E-state index contributed by atoms with van der Waals surface area (Å²) in [5, 5.41) is 27.1. The van der Waals surface area contributed by atoms with E-state index in [0.29, 0.717) is 18.7 Å². The highest BCUT2D eigenvalue weighted by atomic mass is 16.4. The van der Waals surface area contributed by atoms with E-state index in [1.165, 1.54) is 0 Å². The van der Waals surface area contributed by atoms with Gasteiger partial charge in [-0.1, -0.05) is 5.21 Å². The van der Waals surface area contributed by atoms with Crippen LogP contribution in [0.25, 0.3) is 0 Å². The van der Waals surface area contributed by atoms with Crippen LogP contribution in [-0.2, 0) is 11.3 Å². The van der Waals surface area contributed by atoms with Crippen molar-refractivity contribution in [1.29, 1.82) is 0 Å². The van der Waals surface area contributed by atoms with Crippen LogP contribution in [0.5, 0.6) is 0 Å². The van der Waals surface area contributed by atoms with Crippen molar-refractivity contribution in [2.45, 2.75) is 37.8 Å². The monoisotopic (exact) mass is 254 g/mol. The minimum absolute atomic E-state index is 0.0529. The number of carboxylic acid groups (broad SMARTS) is 1. The molecule has 2 rings (SSSR count). The molecule has 1 fully saturated rings. The Morgan fingerprint density at radius 1 is 1.44 bits per heavy atom. The quantitative estimate of drug-likeness (QED) is 0.554. The van der Waals surface area contributed by atoms with E-state index in [9.17, 15) is 9.59 Å². The lowest BCUT2D eigenvalue weighted by molar-refractivity contribution is -0.139. The maximum Gasteiger partial charge on any atom is 0.315 e. The lowest BCUT2D eigenvalue weighted by Crippen LogP contribution is -2.57. The zero-order valence-electron chi connectivity index (χ0n) is 9.64. The van der Waals surface area contributed by atoms with Crippen molar-refractivity contribution in [1.82, 2.24) is 31.3 Å². The molecule has 9 nitrogen and oxygen atoms in total. The maximum atomic E-state index is 11.6. The first-order valence-corrected chi connectivity index (χ1v) is 5.60. The Balaban J connectivity index is 1.80. The number of aliphatic carboxylic acids is 1. The van der Waals surface area contributed by atoms with Gasteiger partial charge in [0.05, 0.1) is 18.5 Å². The number of urea groups is 1. The topological polar surface area (TPSA) is 133 Å². The Hall–Kier alpha value is -2.19. The van der Waals surface area contributed by atoms with Crippen molar-refractivity contribution in [2.75, 3.05) is 0 Å². The molecule has 0 atom stereocenters. The number of carboxylic acids is 1. The van der Waals surface area contributed by atoms with Gasteiger partial charge in [0.1, 0.15) is 0 Å². The molecule has 2 amide bonds. The summed E-state index contributed by atoms with van der Waals surface area (Å²) in [7, 11) is 0. The SMILES string of the molecule is O=C(O)CC1(NC(=O)NCc2nn[nH]n2)CCC1. The minimum Gasteiger partial charge on any atom is -0.481 e. The van der Waals surface area contributed by atoms with Crippen molar-refractivity contribution in [2.24, 2.45) is 0 Å². The highest BCUT2D eigenvalue weighted by Crippen LogP contribution is 2.34. The number of aromatic amines is 1. The Morgan fingerprint density at radius 2 is 2.22 bits per heavy atom. The molecule has 98 valence electrons. The third kappa shape index (κ3) is 2.93. The molecule has 0 unspecified atom stereocenters. The van der Waals surface area contributed by atoms with Crippen LogP contribution in [0, 0.1) is 0 Å². The van der Waals surface area contributed by atoms with Crippen molar-refractivity contribution < 1.29 is 14.7 Å². The summed E-state index contributed by atoms with van der Waals surface area (Å²) in [5.41, 5.74) is -0.604. The molecule has 0 aromatic carbocycles. The van der Waals surface area contributed by atoms with Crippen LogP contribution in [0.3, 0.4) is 0 Å². The number of aromatic nitrogens is 4. The van der Waals surface area contributed by atoms with Gasteiger partial charge in [-0.25, -0.2) is 4.79 Å². The molecule has 0 saturated heterocycles. The number of carbonyl (C=O) groups is 2. The Labute approximate surface area is 102 Å². The second kappa shape index (κ2) is 4.98. The van der Waals surface area contributed by atoms with E-state index in [0.717, 1.165) is 6.42 Å². The van der Waals surface area contributed by atoms with Gasteiger partial charge < -0.3 is 15.7 Å². The van der Waals surface area contributed by atoms with Gasteiger partial charge in [0.15, 0.2) is 5.82 Å². The fourth-order valence-electron chi connectivity index (χ4n) is 1.94. The Morgan fingerprint density at radius 3 is 2.72 bits per heavy atom. The first-order chi connectivity index (χ1) is 8.60. The summed E-state index contributed by atoms with van der Waals surface area (Å²) in [6.45, 7) is 0.144. The standard InChI is InChI=1S/C9H14N6O3/c16-7(17)4-9(2-1-3-9)11-8(18)10-5-6-12-14-15-13-6/h1-5H2,(H,16,17)(H2,10,11,18)(H,12,13,14,15). The summed E-state index contributed by atoms with van der Waals surface area (Å²) >= 11 is 0. The van der Waals surface area contributed by atoms with Gasteiger partial charge in [-0.2, -0.15) is 5.21 Å². The van der Waals surface area contributed by atoms with E-state index in [-0.39, 0.29) is 13.0 Å². The fraction of sp³-hybridized carbons (Fsp3) is 0.667. The number of amides is 2. The molecular formula is C9H14N6O3. The number of rotatable bonds is 5. The first-order valence-electron chi connectivity index (χ1n) is 5.60. The molecule has 4 N–H and O–H groups in total. The molecular weight excluding hydrogens is 240 g/mol. The van der Waals surface area contributed by atoms with Gasteiger partial charge >= 0.3 is 12.0 Å². The van der Waals surface area contributed by atoms with E-state index >= 15 is 0 Å². The second-order valence-electron chi connectivity index (χ2n) is 4.34. The average Bonchev–Trinajstić information content (AvgIpc) is 2.75. The second-order valence-corrected chi connectivity index (χ2v) is 4.34. The normalized spacial score (nSPS) is 16.7. The highest BCUT2D eigenvalue weighted by Gasteiger charge is 2.40. The molecule has 1 saturated carbocycles. The minimum atomic E-state index is -0.909. The van der Waals surface area contributed by atoms with Crippen LogP contribution < -0.4 is 10.6 Å². The molecule has 1 aliphatic carbocycles. The third-order valence-corrected chi connectivity index (χ3v) is 2.98. The number of H-pyrrole nitrogens is 1. The van der Waals surface area contributed by atoms with Gasteiger partial charge in [0.25, 0.3) is 0 Å². The fourth-order valence-corrected chi connectivity index (χ4v) is 1.94. The number of nitrogens with one attached hydrogen (secondary N) is 3. The number of carbonyl (C=O) groups excluding carboxylic acids is 1. The molecule has 0 bridgehead atoms. The van der Waals surface area contributed by atoms with Crippen molar-refractivity contribution in [3.8, 4) is 0 Å². The van der Waals surface area contributed by atoms with Gasteiger partial charge in [-0.3, -0.25) is 4.79 Å². The Bertz CT molecular complexity index is 428. The molecule has 1 aromatic heterocycles. The van der Waals surface area contributed by atoms with Crippen LogP contribution in [0.4, 0.5) is 4.79 Å². The van der Waals surface area contributed by atoms with Crippen molar-refractivity contribution in [3.05, 3.63) is 5.82 Å². The van der Waals surface area contributed by atoms with E-state index in [2.05, 4.69) is 31.3 Å². The highest BCUT2D eigenvalue weighted by molar-refractivity contribution is 5.77. The van der Waals surface area contributed by atoms with Crippen LogP contribution in [0.15, 0.2) is 0 Å². The van der Waals surface area contributed by atoms with E-state index in [4.69, 9.17) is 5.11 Å². The van der Waals surface area contributed by atoms with Crippen molar-refractivity contribution >= 4 is 12.0 Å².